The van der Waals surface area contributed by atoms with Crippen molar-refractivity contribution in [2.45, 2.75) is 58.9 Å². The van der Waals surface area contributed by atoms with E-state index < -0.39 is 0 Å². The third kappa shape index (κ3) is 3.96. The summed E-state index contributed by atoms with van der Waals surface area (Å²) in [5, 5.41) is 3.75. The van der Waals surface area contributed by atoms with Crippen LogP contribution in [0.2, 0.25) is 0 Å². The van der Waals surface area contributed by atoms with E-state index in [0.29, 0.717) is 11.5 Å². The summed E-state index contributed by atoms with van der Waals surface area (Å²) in [6.07, 6.45) is 7.10. The van der Waals surface area contributed by atoms with E-state index in [0.717, 1.165) is 5.92 Å². The second kappa shape index (κ2) is 5.71. The van der Waals surface area contributed by atoms with Crippen LogP contribution in [-0.2, 0) is 0 Å². The van der Waals surface area contributed by atoms with Crippen molar-refractivity contribution in [3.63, 3.8) is 0 Å². The molecule has 0 spiro atoms. The highest BCUT2D eigenvalue weighted by atomic mass is 15.1. The molecule has 17 heavy (non-hydrogen) atoms. The maximum Gasteiger partial charge on any atom is 0.00926 e. The molecule has 1 aliphatic carbocycles. The van der Waals surface area contributed by atoms with Gasteiger partial charge in [-0.05, 0) is 63.6 Å². The molecule has 0 amide bonds. The van der Waals surface area contributed by atoms with Crippen molar-refractivity contribution >= 4 is 0 Å². The molecule has 2 rings (SSSR count). The van der Waals surface area contributed by atoms with Gasteiger partial charge in [-0.2, -0.15) is 0 Å². The molecule has 2 nitrogen and oxygen atoms in total. The molecule has 1 aliphatic heterocycles. The molecule has 1 heterocycles. The molecule has 2 heteroatoms. The minimum absolute atomic E-state index is 0.616. The minimum Gasteiger partial charge on any atom is -0.313 e. The highest BCUT2D eigenvalue weighted by Gasteiger charge is 2.42. The molecule has 1 saturated heterocycles. The topological polar surface area (TPSA) is 15.3 Å². The first-order chi connectivity index (χ1) is 8.10. The minimum atomic E-state index is 0.616. The van der Waals surface area contributed by atoms with Crippen LogP contribution < -0.4 is 5.32 Å². The Kier molecular flexibility index (Phi) is 4.48. The van der Waals surface area contributed by atoms with E-state index in [-0.39, 0.29) is 0 Å². The third-order valence-corrected chi connectivity index (χ3v) is 4.88. The molecule has 100 valence electrons. The van der Waals surface area contributed by atoms with Crippen molar-refractivity contribution in [2.75, 3.05) is 26.2 Å². The van der Waals surface area contributed by atoms with Crippen molar-refractivity contribution in [1.82, 2.24) is 10.2 Å². The van der Waals surface area contributed by atoms with Gasteiger partial charge in [0.2, 0.25) is 0 Å². The molecule has 0 bridgehead atoms. The number of hydrogen-bond donors (Lipinski definition) is 1. The molecule has 0 aromatic rings. The summed E-state index contributed by atoms with van der Waals surface area (Å²) in [5.74, 6) is 0.790. The second-order valence-electron chi connectivity index (χ2n) is 6.75. The summed E-state index contributed by atoms with van der Waals surface area (Å²) in [7, 11) is 0. The van der Waals surface area contributed by atoms with Crippen molar-refractivity contribution in [3.8, 4) is 0 Å². The molecule has 2 aliphatic rings. The predicted molar refractivity (Wildman–Crippen MR) is 74.3 cm³/mol. The molecule has 1 saturated carbocycles. The van der Waals surface area contributed by atoms with Crippen LogP contribution in [-0.4, -0.2) is 37.1 Å². The van der Waals surface area contributed by atoms with E-state index in [9.17, 15) is 0 Å². The van der Waals surface area contributed by atoms with Crippen molar-refractivity contribution in [1.29, 1.82) is 0 Å². The standard InChI is InChI=1S/C15H30N2/c1-13(12-17-9-5-4-6-10-17)11-16-14(2)15(3)7-8-15/h13-14,16H,4-12H2,1-3H3. The number of piperidine rings is 1. The number of nitrogens with zero attached hydrogens (tertiary/aromatic N) is 1. The van der Waals surface area contributed by atoms with E-state index >= 15 is 0 Å². The molecule has 0 aromatic carbocycles. The van der Waals surface area contributed by atoms with Gasteiger partial charge in [0.15, 0.2) is 0 Å². The molecular weight excluding hydrogens is 208 g/mol. The lowest BCUT2D eigenvalue weighted by atomic mass is 10.00. The lowest BCUT2D eigenvalue weighted by Gasteiger charge is -2.30. The van der Waals surface area contributed by atoms with Gasteiger partial charge in [-0.15, -0.1) is 0 Å². The summed E-state index contributed by atoms with van der Waals surface area (Å²) in [4.78, 5) is 2.65. The smallest absolute Gasteiger partial charge is 0.00926 e. The van der Waals surface area contributed by atoms with Crippen molar-refractivity contribution in [3.05, 3.63) is 0 Å². The Hall–Kier alpha value is -0.0800. The number of rotatable bonds is 6. The highest BCUT2D eigenvalue weighted by molar-refractivity contribution is 4.96. The van der Waals surface area contributed by atoms with Gasteiger partial charge in [-0.3, -0.25) is 0 Å². The number of nitrogens with one attached hydrogen (secondary N) is 1. The average Bonchev–Trinajstić information content (AvgIpc) is 3.07. The largest absolute Gasteiger partial charge is 0.313 e. The lowest BCUT2D eigenvalue weighted by molar-refractivity contribution is 0.195. The normalized spacial score (nSPS) is 27.7. The SMILES string of the molecule is CC(CNC(C)C1(C)CC1)CN1CCCCC1. The average molecular weight is 238 g/mol. The Morgan fingerprint density at radius 3 is 2.35 bits per heavy atom. The van der Waals surface area contributed by atoms with E-state index in [1.165, 1.54) is 58.3 Å². The first-order valence-corrected chi connectivity index (χ1v) is 7.56. The zero-order chi connectivity index (χ0) is 12.3. The molecule has 0 aromatic heterocycles. The van der Waals surface area contributed by atoms with Gasteiger partial charge >= 0.3 is 0 Å². The van der Waals surface area contributed by atoms with Crippen molar-refractivity contribution < 1.29 is 0 Å². The zero-order valence-corrected chi connectivity index (χ0v) is 12.0. The van der Waals surface area contributed by atoms with Gasteiger partial charge in [-0.25, -0.2) is 0 Å². The molecule has 2 unspecified atom stereocenters. The molecule has 1 N–H and O–H groups in total. The van der Waals surface area contributed by atoms with Crippen molar-refractivity contribution in [2.24, 2.45) is 11.3 Å². The Labute approximate surface area is 107 Å². The van der Waals surface area contributed by atoms with Crippen LogP contribution >= 0.6 is 0 Å². The van der Waals surface area contributed by atoms with Crippen LogP contribution in [0.1, 0.15) is 52.9 Å². The second-order valence-corrected chi connectivity index (χ2v) is 6.75. The Morgan fingerprint density at radius 2 is 1.76 bits per heavy atom. The summed E-state index contributed by atoms with van der Waals surface area (Å²) >= 11 is 0. The number of hydrogen-bond acceptors (Lipinski definition) is 2. The monoisotopic (exact) mass is 238 g/mol. The summed E-state index contributed by atoms with van der Waals surface area (Å²) < 4.78 is 0. The maximum absolute atomic E-state index is 3.75. The first-order valence-electron chi connectivity index (χ1n) is 7.56. The van der Waals surface area contributed by atoms with Gasteiger partial charge in [-0.1, -0.05) is 20.3 Å². The van der Waals surface area contributed by atoms with E-state index in [1.54, 1.807) is 0 Å². The van der Waals surface area contributed by atoms with E-state index in [1.807, 2.05) is 0 Å². The van der Waals surface area contributed by atoms with Gasteiger partial charge in [0.25, 0.3) is 0 Å². The Bertz CT molecular complexity index is 229. The first kappa shape index (κ1) is 13.4. The van der Waals surface area contributed by atoms with Crippen LogP contribution in [0, 0.1) is 11.3 Å². The van der Waals surface area contributed by atoms with Gasteiger partial charge < -0.3 is 10.2 Å². The molecule has 2 fully saturated rings. The fourth-order valence-corrected chi connectivity index (χ4v) is 2.90. The molecule has 2 atom stereocenters. The van der Waals surface area contributed by atoms with Crippen LogP contribution in [0.3, 0.4) is 0 Å². The fraction of sp³-hybridized carbons (Fsp3) is 1.00. The van der Waals surface area contributed by atoms with Gasteiger partial charge in [0.05, 0.1) is 0 Å². The fourth-order valence-electron chi connectivity index (χ4n) is 2.90. The zero-order valence-electron chi connectivity index (χ0n) is 12.0. The molecular formula is C15H30N2. The van der Waals surface area contributed by atoms with Gasteiger partial charge in [0, 0.05) is 12.6 Å². The maximum atomic E-state index is 3.75. The summed E-state index contributed by atoms with van der Waals surface area (Å²) in [6, 6.07) is 0.700. The summed E-state index contributed by atoms with van der Waals surface area (Å²) in [6.45, 7) is 12.3. The lowest BCUT2D eigenvalue weighted by Crippen LogP contribution is -2.40. The van der Waals surface area contributed by atoms with Crippen LogP contribution in [0.25, 0.3) is 0 Å². The predicted octanol–water partition coefficient (Wildman–Crippen LogP) is 2.89. The Morgan fingerprint density at radius 1 is 1.12 bits per heavy atom. The Balaban J connectivity index is 1.61. The van der Waals surface area contributed by atoms with Crippen LogP contribution in [0.4, 0.5) is 0 Å². The van der Waals surface area contributed by atoms with Gasteiger partial charge in [0.1, 0.15) is 0 Å². The van der Waals surface area contributed by atoms with E-state index in [2.05, 4.69) is 31.0 Å². The number of likely N-dealkylation sites (tertiary alicyclic amines) is 1. The highest BCUT2D eigenvalue weighted by Crippen LogP contribution is 2.47. The van der Waals surface area contributed by atoms with E-state index in [4.69, 9.17) is 0 Å². The third-order valence-electron chi connectivity index (χ3n) is 4.88. The molecule has 0 radical (unpaired) electrons. The quantitative estimate of drug-likeness (QED) is 0.765. The van der Waals surface area contributed by atoms with Crippen LogP contribution in [0.15, 0.2) is 0 Å². The summed E-state index contributed by atoms with van der Waals surface area (Å²) in [5.41, 5.74) is 0.616. The van der Waals surface area contributed by atoms with Crippen LogP contribution in [0.5, 0.6) is 0 Å².